The number of hydrogen-bond donors (Lipinski definition) is 14. The fraction of sp³-hybridized carbons (Fsp3) is 0.757. The van der Waals surface area contributed by atoms with Crippen LogP contribution in [0.4, 0.5) is 0 Å². The summed E-state index contributed by atoms with van der Waals surface area (Å²) >= 11 is 1.38. The molecule has 5 heterocycles. The number of aliphatic hydroxyl groups excluding tert-OH is 6. The van der Waals surface area contributed by atoms with Crippen LogP contribution in [0.5, 0.6) is 0 Å². The number of rotatable bonds is 10. The van der Waals surface area contributed by atoms with Crippen molar-refractivity contribution in [3.8, 4) is 0 Å². The Morgan fingerprint density at radius 3 is 2.18 bits per heavy atom. The van der Waals surface area contributed by atoms with Gasteiger partial charge in [0.05, 0.1) is 36.9 Å². The van der Waals surface area contributed by atoms with Gasteiger partial charge >= 0.3 is 5.97 Å². The maximum absolute atomic E-state index is 12.3. The fourth-order valence-corrected chi connectivity index (χ4v) is 10.3. The van der Waals surface area contributed by atoms with Crippen LogP contribution >= 0.6 is 11.8 Å². The van der Waals surface area contributed by atoms with E-state index in [0.29, 0.717) is 5.56 Å². The van der Waals surface area contributed by atoms with Gasteiger partial charge in [0.1, 0.15) is 66.2 Å². The van der Waals surface area contributed by atoms with Crippen molar-refractivity contribution >= 4 is 29.5 Å². The number of ether oxygens (including phenoxy) is 5. The molecule has 2 amide bonds. The number of carboxylic acid groups (broad SMARTS) is 1. The standard InChI is InChI=1S/C21H41N5O11.C16H19N3O4S/c1-26-11-14(30)18-8(33-20(11)37-21-16(32)13(29)10(25)9(4-27)34-21)3-7(24)19(36-18)35-17-6(23)2-5(22)12(28)15(17)31;1-16(2)11(15(22)23)19-13(21)10(14(19)24-16)18-12(20)9(17)8-6-4-3-5-7-8/h5-21,26-32H,2-4,22-25H2,1H3;3-7,9-11,14H,17H2,1-2H3,(H,18,20)(H,22,23)/t5-,6+,7-,8+,9-,10-,11+,12+,13+,14-,15-,16-,17-,18+,19+,20-,21-;9-,10-,11+,14-/m11/s1. The normalized spacial score (nSPS) is 44.7. The molecule has 24 heteroatoms. The van der Waals surface area contributed by atoms with Crippen LogP contribution in [0, 0.1) is 0 Å². The van der Waals surface area contributed by atoms with E-state index < -0.39 is 145 Å². The number of hydrogen-bond acceptors (Lipinski definition) is 21. The topological polar surface area (TPSA) is 396 Å². The first-order valence-corrected chi connectivity index (χ1v) is 20.9. The highest BCUT2D eigenvalue weighted by molar-refractivity contribution is 8.01. The van der Waals surface area contributed by atoms with Crippen molar-refractivity contribution in [2.24, 2.45) is 28.7 Å². The molecular weight excluding hydrogens is 829 g/mol. The molecule has 6 fully saturated rings. The van der Waals surface area contributed by atoms with E-state index >= 15 is 0 Å². The summed E-state index contributed by atoms with van der Waals surface area (Å²) in [6.07, 6.45) is -13.7. The number of thioether (sulfide) groups is 1. The van der Waals surface area contributed by atoms with E-state index in [1.807, 2.05) is 6.07 Å². The van der Waals surface area contributed by atoms with Gasteiger partial charge in [0.15, 0.2) is 18.9 Å². The Morgan fingerprint density at radius 1 is 0.885 bits per heavy atom. The van der Waals surface area contributed by atoms with Gasteiger partial charge in [-0.05, 0) is 39.3 Å². The molecule has 21 atom stereocenters. The van der Waals surface area contributed by atoms with Crippen molar-refractivity contribution < 1.29 is 73.8 Å². The minimum atomic E-state index is -1.54. The molecule has 5 aliphatic heterocycles. The molecule has 5 saturated heterocycles. The molecule has 0 unspecified atom stereocenters. The van der Waals surface area contributed by atoms with Gasteiger partial charge in [0.2, 0.25) is 11.8 Å². The lowest BCUT2D eigenvalue weighted by Gasteiger charge is -2.51. The Balaban J connectivity index is 0.000000223. The van der Waals surface area contributed by atoms with Gasteiger partial charge in [-0.15, -0.1) is 11.8 Å². The summed E-state index contributed by atoms with van der Waals surface area (Å²) in [6.45, 7) is 3.07. The van der Waals surface area contributed by atoms with E-state index in [-0.39, 0.29) is 24.1 Å². The van der Waals surface area contributed by atoms with Gasteiger partial charge in [0.25, 0.3) is 0 Å². The van der Waals surface area contributed by atoms with Crippen molar-refractivity contribution in [3.05, 3.63) is 35.9 Å². The Labute approximate surface area is 355 Å². The number of nitrogens with one attached hydrogen (secondary N) is 2. The monoisotopic (exact) mass is 888 g/mol. The number of fused-ring (bicyclic) bond motifs is 2. The average molecular weight is 889 g/mol. The number of carboxylic acids is 1. The summed E-state index contributed by atoms with van der Waals surface area (Å²) < 4.78 is 28.6. The van der Waals surface area contributed by atoms with Crippen molar-refractivity contribution in [1.82, 2.24) is 15.5 Å². The van der Waals surface area contributed by atoms with Crippen molar-refractivity contribution in [2.45, 2.75) is 159 Å². The summed E-state index contributed by atoms with van der Waals surface area (Å²) in [7, 11) is 1.55. The number of likely N-dealkylation sites (N-methyl/N-ethyl adjacent to an activating group) is 1. The number of aliphatic hydroxyl groups is 6. The number of benzene rings is 1. The minimum Gasteiger partial charge on any atom is -0.480 e. The van der Waals surface area contributed by atoms with Crippen LogP contribution in [0.2, 0.25) is 0 Å². The Kier molecular flexibility index (Phi) is 15.0. The highest BCUT2D eigenvalue weighted by atomic mass is 32.2. The Morgan fingerprint density at radius 2 is 1.56 bits per heavy atom. The maximum Gasteiger partial charge on any atom is 0.327 e. The zero-order chi connectivity index (χ0) is 44.8. The quantitative estimate of drug-likeness (QED) is 0.0971. The summed E-state index contributed by atoms with van der Waals surface area (Å²) in [4.78, 5) is 37.5. The number of β-lactam (4-membered cyclic amide) rings is 1. The molecule has 7 rings (SSSR count). The van der Waals surface area contributed by atoms with Crippen LogP contribution in [0.1, 0.15) is 38.3 Å². The molecule has 6 aliphatic rings. The highest BCUT2D eigenvalue weighted by Crippen LogP contribution is 2.51. The zero-order valence-electron chi connectivity index (χ0n) is 33.8. The van der Waals surface area contributed by atoms with Gasteiger partial charge in [-0.3, -0.25) is 9.59 Å². The maximum atomic E-state index is 12.3. The molecule has 344 valence electrons. The third-order valence-electron chi connectivity index (χ3n) is 12.2. The second-order valence-electron chi connectivity index (χ2n) is 16.8. The Hall–Kier alpha value is -2.70. The van der Waals surface area contributed by atoms with Crippen LogP contribution in [-0.2, 0) is 38.1 Å². The van der Waals surface area contributed by atoms with Crippen LogP contribution in [0.3, 0.4) is 0 Å². The van der Waals surface area contributed by atoms with Gasteiger partial charge in [0, 0.05) is 16.8 Å². The second kappa shape index (κ2) is 19.2. The van der Waals surface area contributed by atoms with Crippen LogP contribution < -0.4 is 39.3 Å². The van der Waals surface area contributed by atoms with Gasteiger partial charge in [-0.2, -0.15) is 0 Å². The summed E-state index contributed by atoms with van der Waals surface area (Å²) in [5, 5.41) is 76.4. The van der Waals surface area contributed by atoms with Gasteiger partial charge in [-0.1, -0.05) is 30.3 Å². The number of nitrogens with zero attached hydrogens (tertiary/aromatic N) is 1. The third kappa shape index (κ3) is 9.43. The molecule has 0 bridgehead atoms. The van der Waals surface area contributed by atoms with E-state index in [4.69, 9.17) is 52.4 Å². The molecule has 19 N–H and O–H groups in total. The molecule has 23 nitrogen and oxygen atoms in total. The van der Waals surface area contributed by atoms with E-state index in [1.165, 1.54) is 16.7 Å². The minimum absolute atomic E-state index is 0.156. The highest BCUT2D eigenvalue weighted by Gasteiger charge is 2.64. The van der Waals surface area contributed by atoms with Crippen LogP contribution in [0.25, 0.3) is 0 Å². The predicted molar refractivity (Wildman–Crippen MR) is 212 cm³/mol. The zero-order valence-corrected chi connectivity index (χ0v) is 34.6. The van der Waals surface area contributed by atoms with Crippen molar-refractivity contribution in [3.63, 3.8) is 0 Å². The average Bonchev–Trinajstić information content (AvgIpc) is 3.48. The first kappa shape index (κ1) is 47.8. The number of carbonyl (C=O) groups excluding carboxylic acids is 2. The number of aliphatic carboxylic acids is 1. The van der Waals surface area contributed by atoms with E-state index in [1.54, 1.807) is 45.2 Å². The van der Waals surface area contributed by atoms with E-state index in [2.05, 4.69) is 10.6 Å². The smallest absolute Gasteiger partial charge is 0.327 e. The second-order valence-corrected chi connectivity index (χ2v) is 18.5. The predicted octanol–water partition coefficient (Wildman–Crippen LogP) is -6.63. The lowest BCUT2D eigenvalue weighted by atomic mass is 9.84. The summed E-state index contributed by atoms with van der Waals surface area (Å²) in [5.41, 5.74) is 30.6. The summed E-state index contributed by atoms with van der Waals surface area (Å²) in [5.74, 6) is -1.86. The van der Waals surface area contributed by atoms with Crippen LogP contribution in [-0.4, -0.2) is 198 Å². The number of amides is 2. The van der Waals surface area contributed by atoms with Crippen molar-refractivity contribution in [2.75, 3.05) is 13.7 Å². The van der Waals surface area contributed by atoms with E-state index in [0.717, 1.165) is 0 Å². The molecule has 1 aromatic rings. The SMILES string of the molecule is CC1(C)S[C@@H]2[C@H](NC(=O)[C@H](N)c3ccccc3)C(=O)N2[C@H]1C(=O)O.CN[C@@H]1[C@@H](O[C@H]2O[C@H](CO)[C@@H](N)[C@H](O)[C@H]2O)O[C@H]2C[C@@H](N)[C@@H](O[C@H]3[C@H](O)[C@@H](O)[C@H](N)C[C@@H]3N)O[C@@H]2[C@@H]1O. The largest absolute Gasteiger partial charge is 0.480 e. The van der Waals surface area contributed by atoms with Gasteiger partial charge in [-0.25, -0.2) is 4.79 Å². The molecule has 1 aromatic carbocycles. The molecule has 0 aromatic heterocycles. The molecular formula is C37H60N8O15S. The first-order chi connectivity index (χ1) is 28.7. The molecule has 1 aliphatic carbocycles. The Bertz CT molecular complexity index is 1690. The third-order valence-corrected chi connectivity index (χ3v) is 13.7. The molecule has 1 saturated carbocycles. The first-order valence-electron chi connectivity index (χ1n) is 20.0. The number of carbonyl (C=O) groups is 3. The van der Waals surface area contributed by atoms with Gasteiger partial charge < -0.3 is 104 Å². The fourth-order valence-electron chi connectivity index (χ4n) is 8.66. The molecule has 0 spiro atoms. The van der Waals surface area contributed by atoms with E-state index in [9.17, 15) is 50.1 Å². The molecule has 0 radical (unpaired) electrons. The summed E-state index contributed by atoms with van der Waals surface area (Å²) in [6, 6.07) is 2.33. The number of nitrogens with two attached hydrogens (primary N) is 5. The lowest BCUT2D eigenvalue weighted by molar-refractivity contribution is -0.373. The lowest BCUT2D eigenvalue weighted by Crippen LogP contribution is -2.71. The van der Waals surface area contributed by atoms with Crippen molar-refractivity contribution in [1.29, 1.82) is 0 Å². The molecule has 61 heavy (non-hydrogen) atoms. The van der Waals surface area contributed by atoms with Crippen LogP contribution in [0.15, 0.2) is 30.3 Å².